The molecule has 132 valence electrons. The van der Waals surface area contributed by atoms with Gasteiger partial charge in [-0.3, -0.25) is 0 Å². The Bertz CT molecular complexity index is 1030. The van der Waals surface area contributed by atoms with Gasteiger partial charge in [0.2, 0.25) is 10.0 Å². The number of H-pyrrole nitrogens is 2. The van der Waals surface area contributed by atoms with Crippen molar-refractivity contribution in [3.63, 3.8) is 0 Å². The summed E-state index contributed by atoms with van der Waals surface area (Å²) in [5.74, 6) is 0. The third kappa shape index (κ3) is 3.92. The zero-order chi connectivity index (χ0) is 18.0. The van der Waals surface area contributed by atoms with Crippen molar-refractivity contribution in [3.05, 3.63) is 58.5 Å². The van der Waals surface area contributed by atoms with Crippen molar-refractivity contribution in [2.45, 2.75) is 11.3 Å². The van der Waals surface area contributed by atoms with Crippen molar-refractivity contribution in [1.82, 2.24) is 14.7 Å². The van der Waals surface area contributed by atoms with E-state index in [1.165, 1.54) is 12.1 Å². The Balaban J connectivity index is 1.67. The number of nitrogens with one attached hydrogen (secondary N) is 3. The topological polar surface area (TPSA) is 98.1 Å². The number of hydrogen-bond donors (Lipinski definition) is 3. The maximum absolute atomic E-state index is 12.4. The Labute approximate surface area is 145 Å². The van der Waals surface area contributed by atoms with E-state index in [-0.39, 0.29) is 10.6 Å². The molecule has 1 heterocycles. The van der Waals surface area contributed by atoms with E-state index in [0.717, 1.165) is 11.3 Å². The summed E-state index contributed by atoms with van der Waals surface area (Å²) in [6.07, 6.45) is 0.593. The van der Waals surface area contributed by atoms with E-state index in [1.807, 2.05) is 43.3 Å². The van der Waals surface area contributed by atoms with Crippen molar-refractivity contribution < 1.29 is 8.42 Å². The number of imidazole rings is 1. The highest BCUT2D eigenvalue weighted by Gasteiger charge is 2.14. The summed E-state index contributed by atoms with van der Waals surface area (Å²) in [5, 5.41) is 0. The average molecular weight is 360 g/mol. The first-order valence-corrected chi connectivity index (χ1v) is 9.31. The van der Waals surface area contributed by atoms with Crippen LogP contribution in [0.25, 0.3) is 11.0 Å². The van der Waals surface area contributed by atoms with Gasteiger partial charge in [-0.05, 0) is 42.3 Å². The molecule has 3 aromatic rings. The van der Waals surface area contributed by atoms with Crippen LogP contribution in [-0.2, 0) is 16.4 Å². The summed E-state index contributed by atoms with van der Waals surface area (Å²) in [6.45, 7) is 0.297. The van der Waals surface area contributed by atoms with Gasteiger partial charge >= 0.3 is 5.69 Å². The van der Waals surface area contributed by atoms with Crippen LogP contribution >= 0.6 is 0 Å². The lowest BCUT2D eigenvalue weighted by Crippen LogP contribution is -2.26. The fourth-order valence-electron chi connectivity index (χ4n) is 2.55. The average Bonchev–Trinajstić information content (AvgIpc) is 2.94. The predicted octanol–water partition coefficient (Wildman–Crippen LogP) is 1.44. The molecule has 0 unspecified atom stereocenters. The molecule has 8 heteroatoms. The Kier molecular flexibility index (Phi) is 4.65. The summed E-state index contributed by atoms with van der Waals surface area (Å²) in [6, 6.07) is 12.5. The van der Waals surface area contributed by atoms with Gasteiger partial charge in [-0.25, -0.2) is 17.9 Å². The molecule has 7 nitrogen and oxygen atoms in total. The fourth-order valence-corrected chi connectivity index (χ4v) is 3.61. The van der Waals surface area contributed by atoms with Crippen LogP contribution in [0.15, 0.2) is 52.2 Å². The first kappa shape index (κ1) is 17.2. The molecule has 0 saturated heterocycles. The number of aromatic amines is 2. The zero-order valence-electron chi connectivity index (χ0n) is 14.0. The highest BCUT2D eigenvalue weighted by atomic mass is 32.2. The largest absolute Gasteiger partial charge is 0.378 e. The van der Waals surface area contributed by atoms with Gasteiger partial charge in [0.15, 0.2) is 0 Å². The van der Waals surface area contributed by atoms with Gasteiger partial charge in [-0.2, -0.15) is 0 Å². The van der Waals surface area contributed by atoms with Gasteiger partial charge in [0.1, 0.15) is 0 Å². The fraction of sp³-hybridized carbons (Fsp3) is 0.235. The number of fused-ring (bicyclic) bond motifs is 1. The number of aromatic nitrogens is 2. The molecular formula is C17H20N4O3S. The van der Waals surface area contributed by atoms with Gasteiger partial charge in [0.05, 0.1) is 15.9 Å². The van der Waals surface area contributed by atoms with Crippen LogP contribution in [-0.4, -0.2) is 39.0 Å². The maximum Gasteiger partial charge on any atom is 0.323 e. The van der Waals surface area contributed by atoms with Crippen LogP contribution in [0.5, 0.6) is 0 Å². The number of rotatable bonds is 6. The van der Waals surface area contributed by atoms with Crippen LogP contribution in [0.2, 0.25) is 0 Å². The molecule has 0 spiro atoms. The predicted molar refractivity (Wildman–Crippen MR) is 98.6 cm³/mol. The van der Waals surface area contributed by atoms with E-state index in [4.69, 9.17) is 0 Å². The van der Waals surface area contributed by atoms with E-state index in [1.54, 1.807) is 6.07 Å². The molecule has 0 bridgehead atoms. The SMILES string of the molecule is CN(C)c1ccc(CCNS(=O)(=O)c2ccc3[nH]c(=O)[nH]c3c2)cc1. The Morgan fingerprint density at radius 3 is 2.36 bits per heavy atom. The maximum atomic E-state index is 12.4. The van der Waals surface area contributed by atoms with E-state index in [9.17, 15) is 13.2 Å². The Morgan fingerprint density at radius 1 is 1.00 bits per heavy atom. The molecule has 0 aliphatic heterocycles. The first-order valence-electron chi connectivity index (χ1n) is 7.83. The molecule has 0 radical (unpaired) electrons. The van der Waals surface area contributed by atoms with Crippen molar-refractivity contribution in [2.24, 2.45) is 0 Å². The summed E-state index contributed by atoms with van der Waals surface area (Å²) in [4.78, 5) is 18.5. The molecule has 0 aliphatic rings. The highest BCUT2D eigenvalue weighted by molar-refractivity contribution is 7.89. The summed E-state index contributed by atoms with van der Waals surface area (Å²) in [5.41, 5.74) is 2.83. The van der Waals surface area contributed by atoms with Crippen LogP contribution < -0.4 is 15.3 Å². The summed E-state index contributed by atoms with van der Waals surface area (Å²) >= 11 is 0. The molecule has 3 N–H and O–H groups in total. The van der Waals surface area contributed by atoms with Crippen LogP contribution in [0.1, 0.15) is 5.56 Å². The molecule has 0 saturated carbocycles. The molecule has 0 atom stereocenters. The molecule has 25 heavy (non-hydrogen) atoms. The lowest BCUT2D eigenvalue weighted by Gasteiger charge is -2.12. The molecule has 0 amide bonds. The van der Waals surface area contributed by atoms with E-state index < -0.39 is 10.0 Å². The molecule has 3 rings (SSSR count). The minimum absolute atomic E-state index is 0.123. The van der Waals surface area contributed by atoms with Crippen LogP contribution in [0.3, 0.4) is 0 Å². The molecular weight excluding hydrogens is 340 g/mol. The summed E-state index contributed by atoms with van der Waals surface area (Å²) in [7, 11) is 0.311. The van der Waals surface area contributed by atoms with Gasteiger partial charge in [0.25, 0.3) is 0 Å². The van der Waals surface area contributed by atoms with E-state index in [2.05, 4.69) is 14.7 Å². The molecule has 1 aromatic heterocycles. The Morgan fingerprint density at radius 2 is 1.68 bits per heavy atom. The molecule has 0 aliphatic carbocycles. The second-order valence-electron chi connectivity index (χ2n) is 6.00. The molecule has 2 aromatic carbocycles. The number of hydrogen-bond acceptors (Lipinski definition) is 4. The monoisotopic (exact) mass is 360 g/mol. The third-order valence-electron chi connectivity index (χ3n) is 3.96. The number of benzene rings is 2. The van der Waals surface area contributed by atoms with Crippen LogP contribution in [0.4, 0.5) is 5.69 Å². The van der Waals surface area contributed by atoms with E-state index >= 15 is 0 Å². The Hall–Kier alpha value is -2.58. The first-order chi connectivity index (χ1) is 11.8. The number of sulfonamides is 1. The number of anilines is 1. The van der Waals surface area contributed by atoms with Crippen molar-refractivity contribution >= 4 is 26.7 Å². The van der Waals surface area contributed by atoms with Crippen LogP contribution in [0, 0.1) is 0 Å². The summed E-state index contributed by atoms with van der Waals surface area (Å²) < 4.78 is 27.4. The van der Waals surface area contributed by atoms with Gasteiger partial charge in [-0.15, -0.1) is 0 Å². The lowest BCUT2D eigenvalue weighted by atomic mass is 10.1. The second kappa shape index (κ2) is 6.73. The van der Waals surface area contributed by atoms with Gasteiger partial charge in [0, 0.05) is 26.3 Å². The van der Waals surface area contributed by atoms with Gasteiger partial charge in [-0.1, -0.05) is 12.1 Å². The highest BCUT2D eigenvalue weighted by Crippen LogP contribution is 2.15. The smallest absolute Gasteiger partial charge is 0.323 e. The normalized spacial score (nSPS) is 11.8. The van der Waals surface area contributed by atoms with Crippen molar-refractivity contribution in [2.75, 3.05) is 25.5 Å². The van der Waals surface area contributed by atoms with Crippen molar-refractivity contribution in [1.29, 1.82) is 0 Å². The minimum atomic E-state index is -3.63. The molecule has 0 fully saturated rings. The second-order valence-corrected chi connectivity index (χ2v) is 7.76. The van der Waals surface area contributed by atoms with E-state index in [0.29, 0.717) is 24.0 Å². The minimum Gasteiger partial charge on any atom is -0.378 e. The number of nitrogens with zero attached hydrogens (tertiary/aromatic N) is 1. The lowest BCUT2D eigenvalue weighted by molar-refractivity contribution is 0.582. The zero-order valence-corrected chi connectivity index (χ0v) is 14.9. The van der Waals surface area contributed by atoms with Gasteiger partial charge < -0.3 is 14.9 Å². The standard InChI is InChI=1S/C17H20N4O3S/c1-21(2)13-5-3-12(4-6-13)9-10-18-25(23,24)14-7-8-15-16(11-14)20-17(22)19-15/h3-8,11,18H,9-10H2,1-2H3,(H2,19,20,22). The van der Waals surface area contributed by atoms with Crippen molar-refractivity contribution in [3.8, 4) is 0 Å². The quantitative estimate of drug-likeness (QED) is 0.619. The third-order valence-corrected chi connectivity index (χ3v) is 5.41.